The molecule has 1 aromatic heterocycles. The molecular weight excluding hydrogens is 418 g/mol. The van der Waals surface area contributed by atoms with Gasteiger partial charge >= 0.3 is 0 Å². The quantitative estimate of drug-likeness (QED) is 0.505. The first kappa shape index (κ1) is 22.1. The van der Waals surface area contributed by atoms with Crippen LogP contribution in [0.5, 0.6) is 23.0 Å². The van der Waals surface area contributed by atoms with Crippen LogP contribution in [0, 0.1) is 0 Å². The smallest absolute Gasteiger partial charge is 0.250 e. The van der Waals surface area contributed by atoms with Gasteiger partial charge in [0.25, 0.3) is 0 Å². The average Bonchev–Trinajstić information content (AvgIpc) is 3.23. The molecule has 0 saturated carbocycles. The van der Waals surface area contributed by atoms with E-state index >= 15 is 0 Å². The summed E-state index contributed by atoms with van der Waals surface area (Å²) in [6.45, 7) is 0. The van der Waals surface area contributed by atoms with E-state index < -0.39 is 0 Å². The molecule has 0 aliphatic carbocycles. The van der Waals surface area contributed by atoms with E-state index in [0.717, 1.165) is 16.1 Å². The average molecular weight is 442 g/mol. The Morgan fingerprint density at radius 2 is 1.55 bits per heavy atom. The monoisotopic (exact) mass is 441 g/mol. The molecule has 0 bridgehead atoms. The molecule has 9 heteroatoms. The van der Waals surface area contributed by atoms with Crippen LogP contribution in [0.4, 0.5) is 5.13 Å². The largest absolute Gasteiger partial charge is 0.493 e. The van der Waals surface area contributed by atoms with Gasteiger partial charge in [0.2, 0.25) is 11.0 Å². The van der Waals surface area contributed by atoms with Gasteiger partial charge in [-0.25, -0.2) is 0 Å². The molecule has 3 aromatic rings. The Morgan fingerprint density at radius 3 is 2.23 bits per heavy atom. The van der Waals surface area contributed by atoms with Crippen molar-refractivity contribution in [1.82, 2.24) is 10.2 Å². The number of hydrogen-bond acceptors (Lipinski definition) is 8. The van der Waals surface area contributed by atoms with Crippen molar-refractivity contribution in [2.45, 2.75) is 6.42 Å². The van der Waals surface area contributed by atoms with Crippen molar-refractivity contribution in [3.05, 3.63) is 58.6 Å². The number of nitrogens with one attached hydrogen (secondary N) is 1. The first-order chi connectivity index (χ1) is 15.1. The maximum absolute atomic E-state index is 12.2. The van der Waals surface area contributed by atoms with Crippen molar-refractivity contribution in [3.8, 4) is 23.0 Å². The van der Waals surface area contributed by atoms with Gasteiger partial charge in [-0.3, -0.25) is 10.1 Å². The zero-order chi connectivity index (χ0) is 22.2. The highest BCUT2D eigenvalue weighted by molar-refractivity contribution is 7.15. The van der Waals surface area contributed by atoms with Crippen LogP contribution in [0.1, 0.15) is 16.1 Å². The lowest BCUT2D eigenvalue weighted by atomic mass is 10.1. The standard InChI is InChI=1S/C22H23N3O5S/c1-27-16-8-5-14(11-18(16)29-3)7-10-20(26)23-22-25-24-21(31-22)13-15-6-9-17(28-2)19(12-15)30-4/h5-12H,13H2,1-4H3,(H,23,25,26). The second kappa shape index (κ2) is 10.4. The minimum Gasteiger partial charge on any atom is -0.493 e. The number of ether oxygens (including phenoxy) is 4. The van der Waals surface area contributed by atoms with Crippen molar-refractivity contribution in [1.29, 1.82) is 0 Å². The third kappa shape index (κ3) is 5.73. The molecule has 0 spiro atoms. The van der Waals surface area contributed by atoms with Crippen LogP contribution in [0.3, 0.4) is 0 Å². The molecule has 0 aliphatic rings. The highest BCUT2D eigenvalue weighted by atomic mass is 32.1. The van der Waals surface area contributed by atoms with Crippen LogP contribution in [0.2, 0.25) is 0 Å². The number of amides is 1. The molecule has 1 heterocycles. The van der Waals surface area contributed by atoms with E-state index in [0.29, 0.717) is 34.6 Å². The van der Waals surface area contributed by atoms with E-state index in [4.69, 9.17) is 18.9 Å². The fourth-order valence-electron chi connectivity index (χ4n) is 2.82. The van der Waals surface area contributed by atoms with Gasteiger partial charge in [-0.15, -0.1) is 10.2 Å². The summed E-state index contributed by atoms with van der Waals surface area (Å²) in [6.07, 6.45) is 3.68. The summed E-state index contributed by atoms with van der Waals surface area (Å²) in [5, 5.41) is 12.1. The number of benzene rings is 2. The summed E-state index contributed by atoms with van der Waals surface area (Å²) in [5.74, 6) is 2.23. The summed E-state index contributed by atoms with van der Waals surface area (Å²) >= 11 is 1.32. The zero-order valence-electron chi connectivity index (χ0n) is 17.7. The third-order valence-electron chi connectivity index (χ3n) is 4.34. The number of rotatable bonds is 9. The van der Waals surface area contributed by atoms with Gasteiger partial charge in [0.1, 0.15) is 5.01 Å². The number of methoxy groups -OCH3 is 4. The molecule has 162 valence electrons. The fraction of sp³-hybridized carbons (Fsp3) is 0.227. The van der Waals surface area contributed by atoms with Crippen LogP contribution in [-0.4, -0.2) is 44.5 Å². The molecule has 3 rings (SSSR count). The van der Waals surface area contributed by atoms with Gasteiger partial charge in [0, 0.05) is 12.5 Å². The summed E-state index contributed by atoms with van der Waals surface area (Å²) in [5.41, 5.74) is 1.80. The van der Waals surface area contributed by atoms with Gasteiger partial charge in [-0.1, -0.05) is 23.5 Å². The van der Waals surface area contributed by atoms with Crippen molar-refractivity contribution >= 4 is 28.5 Å². The van der Waals surface area contributed by atoms with E-state index in [9.17, 15) is 4.79 Å². The molecule has 1 N–H and O–H groups in total. The lowest BCUT2D eigenvalue weighted by Gasteiger charge is -2.08. The van der Waals surface area contributed by atoms with Crippen LogP contribution in [0.15, 0.2) is 42.5 Å². The molecule has 31 heavy (non-hydrogen) atoms. The SMILES string of the molecule is COc1ccc(C=CC(=O)Nc2nnc(Cc3ccc(OC)c(OC)c3)s2)cc1OC. The Balaban J connectivity index is 1.62. The zero-order valence-corrected chi connectivity index (χ0v) is 18.5. The predicted octanol–water partition coefficient (Wildman–Crippen LogP) is 3.82. The topological polar surface area (TPSA) is 91.8 Å². The van der Waals surface area contributed by atoms with Gasteiger partial charge in [-0.05, 0) is 41.5 Å². The Kier molecular flexibility index (Phi) is 7.45. The second-order valence-corrected chi connectivity index (χ2v) is 7.37. The molecule has 0 unspecified atom stereocenters. The van der Waals surface area contributed by atoms with Crippen LogP contribution in [-0.2, 0) is 11.2 Å². The second-order valence-electron chi connectivity index (χ2n) is 6.30. The maximum atomic E-state index is 12.2. The molecule has 0 saturated heterocycles. The van der Waals surface area contributed by atoms with Crippen molar-refractivity contribution < 1.29 is 23.7 Å². The molecule has 2 aromatic carbocycles. The number of carbonyl (C=O) groups is 1. The molecule has 0 aliphatic heterocycles. The molecule has 8 nitrogen and oxygen atoms in total. The van der Waals surface area contributed by atoms with E-state index in [1.54, 1.807) is 46.6 Å². The number of aromatic nitrogens is 2. The van der Waals surface area contributed by atoms with Crippen molar-refractivity contribution in [2.24, 2.45) is 0 Å². The highest BCUT2D eigenvalue weighted by Crippen LogP contribution is 2.30. The van der Waals surface area contributed by atoms with Gasteiger partial charge in [0.05, 0.1) is 28.4 Å². The fourth-order valence-corrected chi connectivity index (χ4v) is 3.59. The summed E-state index contributed by atoms with van der Waals surface area (Å²) in [6, 6.07) is 11.1. The van der Waals surface area contributed by atoms with Crippen molar-refractivity contribution in [3.63, 3.8) is 0 Å². The Hall–Kier alpha value is -3.59. The maximum Gasteiger partial charge on any atom is 0.250 e. The summed E-state index contributed by atoms with van der Waals surface area (Å²) in [7, 11) is 6.32. The van der Waals surface area contributed by atoms with Crippen LogP contribution < -0.4 is 24.3 Å². The number of hydrogen-bond donors (Lipinski definition) is 1. The van der Waals surface area contributed by atoms with Crippen LogP contribution >= 0.6 is 11.3 Å². The molecule has 0 fully saturated rings. The number of anilines is 1. The Morgan fingerprint density at radius 1 is 0.903 bits per heavy atom. The van der Waals surface area contributed by atoms with E-state index in [-0.39, 0.29) is 5.91 Å². The minimum absolute atomic E-state index is 0.302. The number of nitrogens with zero attached hydrogens (tertiary/aromatic N) is 2. The lowest BCUT2D eigenvalue weighted by molar-refractivity contribution is -0.111. The van der Waals surface area contributed by atoms with Crippen LogP contribution in [0.25, 0.3) is 6.08 Å². The third-order valence-corrected chi connectivity index (χ3v) is 5.17. The van der Waals surface area contributed by atoms with E-state index in [1.165, 1.54) is 17.4 Å². The lowest BCUT2D eigenvalue weighted by Crippen LogP contribution is -2.07. The first-order valence-electron chi connectivity index (χ1n) is 9.30. The Bertz CT molecular complexity index is 1080. The Labute approximate surface area is 184 Å². The predicted molar refractivity (Wildman–Crippen MR) is 119 cm³/mol. The van der Waals surface area contributed by atoms with E-state index in [2.05, 4.69) is 15.5 Å². The molecule has 0 radical (unpaired) electrons. The molecule has 1 amide bonds. The van der Waals surface area contributed by atoms with E-state index in [1.807, 2.05) is 24.3 Å². The highest BCUT2D eigenvalue weighted by Gasteiger charge is 2.10. The van der Waals surface area contributed by atoms with Gasteiger partial charge in [0.15, 0.2) is 23.0 Å². The normalized spacial score (nSPS) is 10.7. The molecular formula is C22H23N3O5S. The van der Waals surface area contributed by atoms with Gasteiger partial charge in [-0.2, -0.15) is 0 Å². The molecule has 0 atom stereocenters. The summed E-state index contributed by atoms with van der Waals surface area (Å²) in [4.78, 5) is 12.2. The summed E-state index contributed by atoms with van der Waals surface area (Å²) < 4.78 is 21.1. The van der Waals surface area contributed by atoms with Gasteiger partial charge < -0.3 is 18.9 Å². The minimum atomic E-state index is -0.302. The first-order valence-corrected chi connectivity index (χ1v) is 10.1. The van der Waals surface area contributed by atoms with Crippen molar-refractivity contribution in [2.75, 3.05) is 33.8 Å². The number of carbonyl (C=O) groups excluding carboxylic acids is 1.